The Balaban J connectivity index is 2.15. The summed E-state index contributed by atoms with van der Waals surface area (Å²) in [7, 11) is 0. The standard InChI is InChI=1S/C18H27N3O2/c1-5-20(6-2)18(23)19-16(13(3)4)17(22)21-12-11-14-9-7-8-10-15(14)21/h7-10,13,16H,5-6,11-12H2,1-4H3,(H,19,23)/t16-/m1/s1. The largest absolute Gasteiger partial charge is 0.326 e. The third-order valence-corrected chi connectivity index (χ3v) is 4.42. The topological polar surface area (TPSA) is 52.7 Å². The molecule has 0 saturated carbocycles. The van der Waals surface area contributed by atoms with Gasteiger partial charge in [0.25, 0.3) is 0 Å². The first-order valence-electron chi connectivity index (χ1n) is 8.44. The summed E-state index contributed by atoms with van der Waals surface area (Å²) in [4.78, 5) is 28.8. The predicted octanol–water partition coefficient (Wildman–Crippen LogP) is 2.65. The van der Waals surface area contributed by atoms with Crippen LogP contribution < -0.4 is 10.2 Å². The number of carbonyl (C=O) groups excluding carboxylic acids is 2. The Morgan fingerprint density at radius 2 is 1.87 bits per heavy atom. The van der Waals surface area contributed by atoms with Gasteiger partial charge in [0.1, 0.15) is 6.04 Å². The predicted molar refractivity (Wildman–Crippen MR) is 92.6 cm³/mol. The fraction of sp³-hybridized carbons (Fsp3) is 0.556. The number of anilines is 1. The number of benzene rings is 1. The van der Waals surface area contributed by atoms with Crippen LogP contribution in [0.1, 0.15) is 33.3 Å². The summed E-state index contributed by atoms with van der Waals surface area (Å²) in [5, 5.41) is 2.92. The van der Waals surface area contributed by atoms with Crippen molar-refractivity contribution in [2.75, 3.05) is 24.5 Å². The van der Waals surface area contributed by atoms with Crippen LogP contribution in [-0.2, 0) is 11.2 Å². The molecule has 1 atom stereocenters. The Kier molecular flexibility index (Phi) is 5.64. The summed E-state index contributed by atoms with van der Waals surface area (Å²) in [6.45, 7) is 9.75. The van der Waals surface area contributed by atoms with Crippen LogP contribution in [-0.4, -0.2) is 42.5 Å². The van der Waals surface area contributed by atoms with Gasteiger partial charge in [0.2, 0.25) is 5.91 Å². The SMILES string of the molecule is CCN(CC)C(=O)N[C@@H](C(=O)N1CCc2ccccc21)C(C)C. The maximum atomic E-state index is 13.0. The molecule has 0 bridgehead atoms. The van der Waals surface area contributed by atoms with Crippen LogP contribution in [0.2, 0.25) is 0 Å². The van der Waals surface area contributed by atoms with E-state index in [-0.39, 0.29) is 17.9 Å². The number of nitrogens with one attached hydrogen (secondary N) is 1. The number of fused-ring (bicyclic) bond motifs is 1. The maximum absolute atomic E-state index is 13.0. The first kappa shape index (κ1) is 17.3. The van der Waals surface area contributed by atoms with Gasteiger partial charge in [0, 0.05) is 25.3 Å². The van der Waals surface area contributed by atoms with Crippen molar-refractivity contribution in [2.45, 2.75) is 40.2 Å². The van der Waals surface area contributed by atoms with Gasteiger partial charge in [0.15, 0.2) is 0 Å². The molecule has 0 unspecified atom stereocenters. The Morgan fingerprint density at radius 1 is 1.22 bits per heavy atom. The highest BCUT2D eigenvalue weighted by molar-refractivity contribution is 6.00. The average molecular weight is 317 g/mol. The fourth-order valence-corrected chi connectivity index (χ4v) is 2.98. The van der Waals surface area contributed by atoms with Crippen LogP contribution in [0.3, 0.4) is 0 Å². The van der Waals surface area contributed by atoms with Crippen molar-refractivity contribution in [3.05, 3.63) is 29.8 Å². The monoisotopic (exact) mass is 317 g/mol. The first-order chi connectivity index (χ1) is 11.0. The maximum Gasteiger partial charge on any atom is 0.318 e. The highest BCUT2D eigenvalue weighted by Crippen LogP contribution is 2.28. The highest BCUT2D eigenvalue weighted by atomic mass is 16.2. The molecule has 5 nitrogen and oxygen atoms in total. The summed E-state index contributed by atoms with van der Waals surface area (Å²) >= 11 is 0. The number of urea groups is 1. The zero-order chi connectivity index (χ0) is 17.0. The fourth-order valence-electron chi connectivity index (χ4n) is 2.98. The zero-order valence-electron chi connectivity index (χ0n) is 14.5. The van der Waals surface area contributed by atoms with Gasteiger partial charge >= 0.3 is 6.03 Å². The van der Waals surface area contributed by atoms with E-state index in [1.807, 2.05) is 50.8 Å². The van der Waals surface area contributed by atoms with E-state index in [0.717, 1.165) is 12.1 Å². The van der Waals surface area contributed by atoms with Gasteiger partial charge < -0.3 is 15.1 Å². The van der Waals surface area contributed by atoms with E-state index >= 15 is 0 Å². The lowest BCUT2D eigenvalue weighted by atomic mass is 10.0. The second kappa shape index (κ2) is 7.49. The van der Waals surface area contributed by atoms with Crippen molar-refractivity contribution in [1.82, 2.24) is 10.2 Å². The molecule has 0 aliphatic carbocycles. The average Bonchev–Trinajstić information content (AvgIpc) is 2.97. The molecule has 2 rings (SSSR count). The van der Waals surface area contributed by atoms with Gasteiger partial charge in [-0.15, -0.1) is 0 Å². The third-order valence-electron chi connectivity index (χ3n) is 4.42. The number of hydrogen-bond acceptors (Lipinski definition) is 2. The minimum atomic E-state index is -0.505. The van der Waals surface area contributed by atoms with Gasteiger partial charge in [-0.2, -0.15) is 0 Å². The molecular weight excluding hydrogens is 290 g/mol. The second-order valence-corrected chi connectivity index (χ2v) is 6.21. The number of rotatable bonds is 5. The molecule has 1 aliphatic heterocycles. The lowest BCUT2D eigenvalue weighted by Crippen LogP contribution is -2.54. The number of carbonyl (C=O) groups is 2. The molecule has 126 valence electrons. The van der Waals surface area contributed by atoms with E-state index in [4.69, 9.17) is 0 Å². The highest BCUT2D eigenvalue weighted by Gasteiger charge is 2.33. The Morgan fingerprint density at radius 3 is 2.48 bits per heavy atom. The first-order valence-corrected chi connectivity index (χ1v) is 8.44. The van der Waals surface area contributed by atoms with Crippen LogP contribution in [0.25, 0.3) is 0 Å². The smallest absolute Gasteiger partial charge is 0.318 e. The summed E-state index contributed by atoms with van der Waals surface area (Å²) in [6, 6.07) is 7.30. The van der Waals surface area contributed by atoms with Crippen molar-refractivity contribution in [1.29, 1.82) is 0 Å². The minimum absolute atomic E-state index is 0.0227. The molecule has 1 aromatic carbocycles. The quantitative estimate of drug-likeness (QED) is 0.907. The van der Waals surface area contributed by atoms with E-state index in [1.165, 1.54) is 5.56 Å². The molecule has 1 aliphatic rings. The number of para-hydroxylation sites is 1. The van der Waals surface area contributed by atoms with E-state index in [0.29, 0.717) is 19.6 Å². The van der Waals surface area contributed by atoms with Crippen molar-refractivity contribution in [2.24, 2.45) is 5.92 Å². The van der Waals surface area contributed by atoms with E-state index in [9.17, 15) is 9.59 Å². The van der Waals surface area contributed by atoms with Crippen LogP contribution >= 0.6 is 0 Å². The van der Waals surface area contributed by atoms with Crippen LogP contribution in [0.4, 0.5) is 10.5 Å². The van der Waals surface area contributed by atoms with Crippen molar-refractivity contribution in [3.63, 3.8) is 0 Å². The van der Waals surface area contributed by atoms with E-state index in [1.54, 1.807) is 4.90 Å². The number of hydrogen-bond donors (Lipinski definition) is 1. The van der Waals surface area contributed by atoms with Crippen LogP contribution in [0.5, 0.6) is 0 Å². The summed E-state index contributed by atoms with van der Waals surface area (Å²) in [5.41, 5.74) is 2.17. The molecule has 1 N–H and O–H groups in total. The van der Waals surface area contributed by atoms with Crippen molar-refractivity contribution in [3.8, 4) is 0 Å². The molecule has 0 radical (unpaired) electrons. The van der Waals surface area contributed by atoms with Crippen LogP contribution in [0.15, 0.2) is 24.3 Å². The summed E-state index contributed by atoms with van der Waals surface area (Å²) in [6.07, 6.45) is 0.872. The molecule has 1 aromatic rings. The number of nitrogens with zero attached hydrogens (tertiary/aromatic N) is 2. The van der Waals surface area contributed by atoms with E-state index < -0.39 is 6.04 Å². The number of amides is 3. The van der Waals surface area contributed by atoms with Crippen LogP contribution in [0, 0.1) is 5.92 Å². The zero-order valence-corrected chi connectivity index (χ0v) is 14.5. The third kappa shape index (κ3) is 3.66. The van der Waals surface area contributed by atoms with Crippen molar-refractivity contribution >= 4 is 17.6 Å². The Labute approximate surface area is 138 Å². The molecule has 23 heavy (non-hydrogen) atoms. The lowest BCUT2D eigenvalue weighted by molar-refractivity contribution is -0.121. The normalized spacial score (nSPS) is 14.6. The van der Waals surface area contributed by atoms with Gasteiger partial charge in [-0.1, -0.05) is 32.0 Å². The Bertz CT molecular complexity index is 567. The molecule has 0 saturated heterocycles. The van der Waals surface area contributed by atoms with E-state index in [2.05, 4.69) is 11.4 Å². The Hall–Kier alpha value is -2.04. The van der Waals surface area contributed by atoms with Crippen molar-refractivity contribution < 1.29 is 9.59 Å². The minimum Gasteiger partial charge on any atom is -0.326 e. The van der Waals surface area contributed by atoms with Gasteiger partial charge in [-0.05, 0) is 37.8 Å². The molecule has 0 aromatic heterocycles. The van der Waals surface area contributed by atoms with Gasteiger partial charge in [-0.3, -0.25) is 4.79 Å². The lowest BCUT2D eigenvalue weighted by Gasteiger charge is -2.29. The molecular formula is C18H27N3O2. The summed E-state index contributed by atoms with van der Waals surface area (Å²) in [5.74, 6) is 0.0141. The van der Waals surface area contributed by atoms with Gasteiger partial charge in [0.05, 0.1) is 0 Å². The molecule has 0 fully saturated rings. The second-order valence-electron chi connectivity index (χ2n) is 6.21. The van der Waals surface area contributed by atoms with Gasteiger partial charge in [-0.25, -0.2) is 4.79 Å². The molecule has 5 heteroatoms. The molecule has 3 amide bonds. The summed E-state index contributed by atoms with van der Waals surface area (Å²) < 4.78 is 0. The molecule has 1 heterocycles. The molecule has 0 spiro atoms.